The lowest BCUT2D eigenvalue weighted by molar-refractivity contribution is 0.102. The zero-order valence-corrected chi connectivity index (χ0v) is 21.1. The van der Waals surface area contributed by atoms with Crippen LogP contribution in [0.4, 0.5) is 5.13 Å². The van der Waals surface area contributed by atoms with Crippen LogP contribution in [0.3, 0.4) is 0 Å². The van der Waals surface area contributed by atoms with E-state index >= 15 is 0 Å². The first kappa shape index (κ1) is 24.1. The molecule has 0 atom stereocenters. The molecule has 0 unspecified atom stereocenters. The molecule has 37 heavy (non-hydrogen) atoms. The molecule has 5 rings (SSSR count). The van der Waals surface area contributed by atoms with E-state index in [9.17, 15) is 9.59 Å². The number of amides is 1. The van der Waals surface area contributed by atoms with Crippen LogP contribution in [0.25, 0.3) is 32.9 Å². The molecule has 0 spiro atoms. The maximum Gasteiger partial charge on any atom is 0.258 e. The number of hydrogen-bond acceptors (Lipinski definition) is 8. The number of halogens is 1. The monoisotopic (exact) mass is 528 g/mol. The molecular weight excluding hydrogens is 512 g/mol. The summed E-state index contributed by atoms with van der Waals surface area (Å²) in [6.07, 6.45) is 3.15. The van der Waals surface area contributed by atoms with Gasteiger partial charge in [0.2, 0.25) is 0 Å². The molecule has 1 amide bonds. The Morgan fingerprint density at radius 3 is 2.65 bits per heavy atom. The van der Waals surface area contributed by atoms with Crippen molar-refractivity contribution in [2.24, 2.45) is 7.05 Å². The number of ether oxygens (including phenoxy) is 1. The number of fused-ring (bicyclic) bond motifs is 1. The molecule has 0 aliphatic rings. The summed E-state index contributed by atoms with van der Waals surface area (Å²) in [4.78, 5) is 39.6. The minimum Gasteiger partial charge on any atom is -0.496 e. The molecule has 3 aromatic heterocycles. The van der Waals surface area contributed by atoms with Crippen molar-refractivity contribution in [3.63, 3.8) is 0 Å². The summed E-state index contributed by atoms with van der Waals surface area (Å²) >= 11 is 7.37. The van der Waals surface area contributed by atoms with Gasteiger partial charge in [0.25, 0.3) is 11.5 Å². The van der Waals surface area contributed by atoms with Crippen molar-refractivity contribution in [2.45, 2.75) is 0 Å². The largest absolute Gasteiger partial charge is 0.496 e. The summed E-state index contributed by atoms with van der Waals surface area (Å²) in [5.41, 5.74) is 3.16. The average molecular weight is 529 g/mol. The fraction of sp³-hybridized carbons (Fsp3) is 0.0769. The molecule has 1 N–H and O–H groups in total. The van der Waals surface area contributed by atoms with Crippen molar-refractivity contribution in [1.82, 2.24) is 19.5 Å². The number of nitriles is 1. The van der Waals surface area contributed by atoms with Crippen LogP contribution in [0.15, 0.2) is 65.7 Å². The van der Waals surface area contributed by atoms with Crippen molar-refractivity contribution in [1.29, 1.82) is 5.26 Å². The number of methoxy groups -OCH3 is 1. The van der Waals surface area contributed by atoms with Crippen LogP contribution in [0.1, 0.15) is 15.9 Å². The molecule has 0 saturated heterocycles. The molecule has 0 aliphatic carbocycles. The van der Waals surface area contributed by atoms with Gasteiger partial charge in [-0.25, -0.2) is 9.97 Å². The first-order valence-corrected chi connectivity index (χ1v) is 12.1. The Morgan fingerprint density at radius 2 is 1.92 bits per heavy atom. The predicted molar refractivity (Wildman–Crippen MR) is 142 cm³/mol. The van der Waals surface area contributed by atoms with Gasteiger partial charge in [-0.2, -0.15) is 10.2 Å². The summed E-state index contributed by atoms with van der Waals surface area (Å²) < 4.78 is 6.84. The van der Waals surface area contributed by atoms with Crippen LogP contribution in [-0.2, 0) is 7.05 Å². The fourth-order valence-electron chi connectivity index (χ4n) is 3.72. The third-order valence-electron chi connectivity index (χ3n) is 5.58. The highest BCUT2D eigenvalue weighted by Crippen LogP contribution is 2.35. The van der Waals surface area contributed by atoms with Crippen molar-refractivity contribution in [3.05, 3.63) is 87.4 Å². The summed E-state index contributed by atoms with van der Waals surface area (Å²) in [7, 11) is 3.11. The maximum absolute atomic E-state index is 13.3. The summed E-state index contributed by atoms with van der Waals surface area (Å²) in [6, 6.07) is 15.4. The standard InChI is InChI=1S/C26H17ClN6O3S/c1-33-13-19(17-9-16(27)7-8-21(17)36-2)18(10-22(33)34)24(35)32-26-31-23-25(37-26)30-20(12-29-23)15-5-3-14(11-28)4-6-15/h3-10,12-13H,1-2H3,(H,29,31,32,35). The maximum atomic E-state index is 13.3. The lowest BCUT2D eigenvalue weighted by Crippen LogP contribution is -2.21. The van der Waals surface area contributed by atoms with Crippen LogP contribution in [0.2, 0.25) is 5.02 Å². The van der Waals surface area contributed by atoms with Crippen molar-refractivity contribution in [3.8, 4) is 34.2 Å². The van der Waals surface area contributed by atoms with E-state index in [1.54, 1.807) is 61.9 Å². The molecule has 0 fully saturated rings. The fourth-order valence-corrected chi connectivity index (χ4v) is 4.68. The molecule has 5 aromatic rings. The molecular formula is C26H17ClN6O3S. The van der Waals surface area contributed by atoms with E-state index in [-0.39, 0.29) is 16.3 Å². The van der Waals surface area contributed by atoms with E-state index in [0.717, 1.165) is 16.9 Å². The van der Waals surface area contributed by atoms with Crippen molar-refractivity contribution < 1.29 is 9.53 Å². The van der Waals surface area contributed by atoms with Crippen LogP contribution >= 0.6 is 22.9 Å². The van der Waals surface area contributed by atoms with E-state index in [2.05, 4.69) is 26.3 Å². The summed E-state index contributed by atoms with van der Waals surface area (Å²) in [5.74, 6) is -0.0260. The Balaban J connectivity index is 1.50. The van der Waals surface area contributed by atoms with Gasteiger partial charge in [0.15, 0.2) is 15.6 Å². The number of nitrogens with zero attached hydrogens (tertiary/aromatic N) is 5. The highest BCUT2D eigenvalue weighted by atomic mass is 35.5. The summed E-state index contributed by atoms with van der Waals surface area (Å²) in [6.45, 7) is 0. The number of carbonyl (C=O) groups is 1. The van der Waals surface area contributed by atoms with Gasteiger partial charge >= 0.3 is 0 Å². The number of nitrogens with one attached hydrogen (secondary N) is 1. The lowest BCUT2D eigenvalue weighted by atomic mass is 10.0. The molecule has 0 saturated carbocycles. The first-order chi connectivity index (χ1) is 17.9. The Morgan fingerprint density at radius 1 is 1.14 bits per heavy atom. The van der Waals surface area contributed by atoms with Crippen LogP contribution in [0.5, 0.6) is 5.75 Å². The van der Waals surface area contributed by atoms with Gasteiger partial charge in [0.1, 0.15) is 5.75 Å². The average Bonchev–Trinajstić information content (AvgIpc) is 3.31. The molecule has 0 bridgehead atoms. The van der Waals surface area contributed by atoms with Crippen molar-refractivity contribution in [2.75, 3.05) is 12.4 Å². The van der Waals surface area contributed by atoms with Gasteiger partial charge in [-0.15, -0.1) is 0 Å². The number of anilines is 1. The van der Waals surface area contributed by atoms with Crippen LogP contribution in [-0.4, -0.2) is 32.5 Å². The van der Waals surface area contributed by atoms with E-state index < -0.39 is 5.91 Å². The Bertz CT molecular complexity index is 1770. The second kappa shape index (κ2) is 9.81. The van der Waals surface area contributed by atoms with Gasteiger partial charge in [-0.1, -0.05) is 35.1 Å². The van der Waals surface area contributed by atoms with Gasteiger partial charge in [0, 0.05) is 41.0 Å². The molecule has 9 nitrogen and oxygen atoms in total. The number of benzene rings is 2. The van der Waals surface area contributed by atoms with Crippen molar-refractivity contribution >= 4 is 44.5 Å². The highest BCUT2D eigenvalue weighted by Gasteiger charge is 2.20. The second-order valence-electron chi connectivity index (χ2n) is 7.94. The van der Waals surface area contributed by atoms with Gasteiger partial charge < -0.3 is 9.30 Å². The zero-order valence-electron chi connectivity index (χ0n) is 19.5. The van der Waals surface area contributed by atoms with Gasteiger partial charge in [-0.05, 0) is 30.3 Å². The highest BCUT2D eigenvalue weighted by molar-refractivity contribution is 7.21. The Labute approximate surface area is 219 Å². The number of aryl methyl sites for hydroxylation is 1. The molecule has 0 radical (unpaired) electrons. The molecule has 2 aromatic carbocycles. The Kier molecular flexibility index (Phi) is 6.40. The normalized spacial score (nSPS) is 10.8. The number of pyridine rings is 1. The van der Waals surface area contributed by atoms with Gasteiger partial charge in [-0.3, -0.25) is 14.9 Å². The molecule has 0 aliphatic heterocycles. The van der Waals surface area contributed by atoms with Crippen LogP contribution in [0, 0.1) is 11.3 Å². The molecule has 11 heteroatoms. The predicted octanol–water partition coefficient (Wildman–Crippen LogP) is 4.90. The van der Waals surface area contributed by atoms with E-state index in [4.69, 9.17) is 21.6 Å². The number of hydrogen-bond donors (Lipinski definition) is 1. The van der Waals surface area contributed by atoms with E-state index in [0.29, 0.717) is 43.6 Å². The second-order valence-corrected chi connectivity index (χ2v) is 9.35. The minimum absolute atomic E-state index is 0.141. The number of rotatable bonds is 5. The quantitative estimate of drug-likeness (QED) is 0.344. The number of thiazole rings is 1. The number of carbonyl (C=O) groups excluding carboxylic acids is 1. The van der Waals surface area contributed by atoms with Gasteiger partial charge in [0.05, 0.1) is 36.2 Å². The number of aromatic nitrogens is 4. The van der Waals surface area contributed by atoms with E-state index in [1.165, 1.54) is 17.7 Å². The first-order valence-electron chi connectivity index (χ1n) is 10.9. The van der Waals surface area contributed by atoms with E-state index in [1.807, 2.05) is 0 Å². The Hall–Kier alpha value is -4.59. The smallest absolute Gasteiger partial charge is 0.258 e. The molecule has 182 valence electrons. The third-order valence-corrected chi connectivity index (χ3v) is 6.67. The topological polar surface area (TPSA) is 123 Å². The summed E-state index contributed by atoms with van der Waals surface area (Å²) in [5, 5.41) is 12.5. The third kappa shape index (κ3) is 4.78. The zero-order chi connectivity index (χ0) is 26.1. The van der Waals surface area contributed by atoms with Crippen LogP contribution < -0.4 is 15.6 Å². The minimum atomic E-state index is -0.527. The SMILES string of the molecule is COc1ccc(Cl)cc1-c1cn(C)c(=O)cc1C(=O)Nc1nc2ncc(-c3ccc(C#N)cc3)nc2s1. The molecule has 3 heterocycles. The lowest BCUT2D eigenvalue weighted by Gasteiger charge is -2.14.